The Hall–Kier alpha value is -0.0800. The van der Waals surface area contributed by atoms with Crippen molar-refractivity contribution in [2.75, 3.05) is 14.2 Å². The van der Waals surface area contributed by atoms with Gasteiger partial charge < -0.3 is 10.1 Å². The molecule has 0 bridgehead atoms. The van der Waals surface area contributed by atoms with Gasteiger partial charge in [-0.15, -0.1) is 0 Å². The summed E-state index contributed by atoms with van der Waals surface area (Å²) in [5, 5.41) is 3.34. The third-order valence-corrected chi connectivity index (χ3v) is 2.85. The molecule has 0 saturated heterocycles. The summed E-state index contributed by atoms with van der Waals surface area (Å²) in [7, 11) is 3.85. The maximum absolute atomic E-state index is 5.33. The van der Waals surface area contributed by atoms with Gasteiger partial charge >= 0.3 is 0 Å². The van der Waals surface area contributed by atoms with Crippen LogP contribution >= 0.6 is 0 Å². The summed E-state index contributed by atoms with van der Waals surface area (Å²) in [6.45, 7) is 2.31. The summed E-state index contributed by atoms with van der Waals surface area (Å²) in [6, 6.07) is 0.661. The van der Waals surface area contributed by atoms with Crippen LogP contribution in [0.4, 0.5) is 0 Å². The Labute approximate surface area is 69.3 Å². The molecule has 0 aliphatic heterocycles. The topological polar surface area (TPSA) is 21.3 Å². The minimum absolute atomic E-state index is 0.489. The summed E-state index contributed by atoms with van der Waals surface area (Å²) in [4.78, 5) is 0. The van der Waals surface area contributed by atoms with Crippen molar-refractivity contribution in [3.8, 4) is 0 Å². The van der Waals surface area contributed by atoms with Crippen molar-refractivity contribution in [2.45, 2.75) is 38.3 Å². The first-order valence-electron chi connectivity index (χ1n) is 4.48. The molecule has 2 nitrogen and oxygen atoms in total. The van der Waals surface area contributed by atoms with Crippen LogP contribution in [-0.2, 0) is 4.74 Å². The molecule has 3 atom stereocenters. The van der Waals surface area contributed by atoms with E-state index in [1.165, 1.54) is 19.3 Å². The van der Waals surface area contributed by atoms with E-state index in [1.54, 1.807) is 0 Å². The molecular weight excluding hydrogens is 138 g/mol. The van der Waals surface area contributed by atoms with Gasteiger partial charge in [0, 0.05) is 13.2 Å². The van der Waals surface area contributed by atoms with E-state index in [2.05, 4.69) is 12.2 Å². The van der Waals surface area contributed by atoms with Crippen LogP contribution < -0.4 is 5.32 Å². The van der Waals surface area contributed by atoms with E-state index in [-0.39, 0.29) is 0 Å². The van der Waals surface area contributed by atoms with E-state index in [1.807, 2.05) is 14.2 Å². The Morgan fingerprint density at radius 2 is 2.09 bits per heavy atom. The minimum Gasteiger partial charge on any atom is -0.381 e. The lowest BCUT2D eigenvalue weighted by molar-refractivity contribution is 0.0449. The molecule has 2 heteroatoms. The van der Waals surface area contributed by atoms with Crippen LogP contribution in [0.5, 0.6) is 0 Å². The van der Waals surface area contributed by atoms with Crippen LogP contribution in [-0.4, -0.2) is 26.3 Å². The molecule has 3 unspecified atom stereocenters. The molecule has 66 valence electrons. The average molecular weight is 157 g/mol. The number of ether oxygens (including phenoxy) is 1. The average Bonchev–Trinajstić information content (AvgIpc) is 2.05. The highest BCUT2D eigenvalue weighted by Gasteiger charge is 2.25. The number of hydrogen-bond acceptors (Lipinski definition) is 2. The van der Waals surface area contributed by atoms with Crippen LogP contribution in [0.15, 0.2) is 0 Å². The number of methoxy groups -OCH3 is 1. The summed E-state index contributed by atoms with van der Waals surface area (Å²) < 4.78 is 5.33. The molecule has 0 aromatic heterocycles. The van der Waals surface area contributed by atoms with Crippen molar-refractivity contribution in [1.82, 2.24) is 5.32 Å². The van der Waals surface area contributed by atoms with Gasteiger partial charge in [-0.1, -0.05) is 6.92 Å². The Morgan fingerprint density at radius 1 is 1.36 bits per heavy atom. The van der Waals surface area contributed by atoms with E-state index < -0.39 is 0 Å². The van der Waals surface area contributed by atoms with Crippen LogP contribution in [0.1, 0.15) is 26.2 Å². The van der Waals surface area contributed by atoms with Crippen molar-refractivity contribution in [1.29, 1.82) is 0 Å². The smallest absolute Gasteiger partial charge is 0.0586 e. The highest BCUT2D eigenvalue weighted by Crippen LogP contribution is 2.25. The predicted octanol–water partition coefficient (Wildman–Crippen LogP) is 1.41. The number of hydrogen-bond donors (Lipinski definition) is 1. The molecule has 1 fully saturated rings. The fourth-order valence-electron chi connectivity index (χ4n) is 1.90. The van der Waals surface area contributed by atoms with Crippen molar-refractivity contribution in [3.63, 3.8) is 0 Å². The van der Waals surface area contributed by atoms with Gasteiger partial charge in [0.15, 0.2) is 0 Å². The molecule has 1 aliphatic carbocycles. The quantitative estimate of drug-likeness (QED) is 0.654. The van der Waals surface area contributed by atoms with Gasteiger partial charge in [-0.25, -0.2) is 0 Å². The molecule has 0 spiro atoms. The molecule has 11 heavy (non-hydrogen) atoms. The number of rotatable bonds is 2. The zero-order valence-electron chi connectivity index (χ0n) is 7.76. The monoisotopic (exact) mass is 157 g/mol. The summed E-state index contributed by atoms with van der Waals surface area (Å²) in [6.07, 6.45) is 4.19. The van der Waals surface area contributed by atoms with Crippen molar-refractivity contribution >= 4 is 0 Å². The first-order chi connectivity index (χ1) is 5.27. The predicted molar refractivity (Wildman–Crippen MR) is 46.7 cm³/mol. The standard InChI is InChI=1S/C9H19NO/c1-7-4-5-8(11-3)6-9(7)10-2/h7-10H,4-6H2,1-3H3. The molecule has 0 heterocycles. The molecule has 0 amide bonds. The molecule has 1 rings (SSSR count). The lowest BCUT2D eigenvalue weighted by Gasteiger charge is -2.33. The Bertz CT molecular complexity index is 116. The summed E-state index contributed by atoms with van der Waals surface area (Å²) in [5.74, 6) is 0.811. The highest BCUT2D eigenvalue weighted by atomic mass is 16.5. The molecule has 0 aromatic carbocycles. The highest BCUT2D eigenvalue weighted by molar-refractivity contribution is 4.81. The van der Waals surface area contributed by atoms with Gasteiger partial charge in [0.2, 0.25) is 0 Å². The normalized spacial score (nSPS) is 39.0. The van der Waals surface area contributed by atoms with Gasteiger partial charge in [0.05, 0.1) is 6.10 Å². The molecular formula is C9H19NO. The van der Waals surface area contributed by atoms with Crippen LogP contribution in [0.2, 0.25) is 0 Å². The van der Waals surface area contributed by atoms with Gasteiger partial charge in [-0.2, -0.15) is 0 Å². The first kappa shape index (κ1) is 9.01. The van der Waals surface area contributed by atoms with Crippen LogP contribution in [0.25, 0.3) is 0 Å². The maximum atomic E-state index is 5.33. The van der Waals surface area contributed by atoms with Crippen molar-refractivity contribution < 1.29 is 4.74 Å². The van der Waals surface area contributed by atoms with E-state index in [0.717, 1.165) is 5.92 Å². The largest absolute Gasteiger partial charge is 0.381 e. The SMILES string of the molecule is CNC1CC(OC)CCC1C. The van der Waals surface area contributed by atoms with Crippen molar-refractivity contribution in [2.24, 2.45) is 5.92 Å². The van der Waals surface area contributed by atoms with E-state index >= 15 is 0 Å². The van der Waals surface area contributed by atoms with Gasteiger partial charge in [0.25, 0.3) is 0 Å². The summed E-state index contributed by atoms with van der Waals surface area (Å²) >= 11 is 0. The second kappa shape index (κ2) is 4.07. The lowest BCUT2D eigenvalue weighted by Crippen LogP contribution is -2.40. The molecule has 0 radical (unpaired) electrons. The Morgan fingerprint density at radius 3 is 2.64 bits per heavy atom. The second-order valence-corrected chi connectivity index (χ2v) is 3.54. The fourth-order valence-corrected chi connectivity index (χ4v) is 1.90. The zero-order valence-corrected chi connectivity index (χ0v) is 7.76. The third kappa shape index (κ3) is 2.17. The van der Waals surface area contributed by atoms with Crippen LogP contribution in [0, 0.1) is 5.92 Å². The minimum atomic E-state index is 0.489. The Kier molecular flexibility index (Phi) is 3.34. The van der Waals surface area contributed by atoms with E-state index in [4.69, 9.17) is 4.74 Å². The van der Waals surface area contributed by atoms with Gasteiger partial charge in [-0.3, -0.25) is 0 Å². The fraction of sp³-hybridized carbons (Fsp3) is 1.00. The van der Waals surface area contributed by atoms with Crippen LogP contribution in [0.3, 0.4) is 0 Å². The maximum Gasteiger partial charge on any atom is 0.0586 e. The third-order valence-electron chi connectivity index (χ3n) is 2.85. The molecule has 1 N–H and O–H groups in total. The second-order valence-electron chi connectivity index (χ2n) is 3.54. The molecule has 1 saturated carbocycles. The van der Waals surface area contributed by atoms with E-state index in [9.17, 15) is 0 Å². The first-order valence-corrected chi connectivity index (χ1v) is 4.48. The lowest BCUT2D eigenvalue weighted by atomic mass is 9.84. The molecule has 0 aromatic rings. The molecule has 1 aliphatic rings. The van der Waals surface area contributed by atoms with Gasteiger partial charge in [-0.05, 0) is 32.2 Å². The van der Waals surface area contributed by atoms with Crippen molar-refractivity contribution in [3.05, 3.63) is 0 Å². The van der Waals surface area contributed by atoms with Gasteiger partial charge in [0.1, 0.15) is 0 Å². The van der Waals surface area contributed by atoms with E-state index in [0.29, 0.717) is 12.1 Å². The number of nitrogens with one attached hydrogen (secondary N) is 1. The zero-order chi connectivity index (χ0) is 8.27. The Balaban J connectivity index is 2.37. The summed E-state index contributed by atoms with van der Waals surface area (Å²) in [5.41, 5.74) is 0.